The van der Waals surface area contributed by atoms with Gasteiger partial charge in [0, 0.05) is 0 Å². The van der Waals surface area contributed by atoms with Gasteiger partial charge in [-0.25, -0.2) is 9.97 Å². The predicted molar refractivity (Wildman–Crippen MR) is 84.5 cm³/mol. The molecule has 0 radical (unpaired) electrons. The molecule has 0 bridgehead atoms. The van der Waals surface area contributed by atoms with Crippen LogP contribution in [-0.2, 0) is 14.3 Å². The van der Waals surface area contributed by atoms with Gasteiger partial charge in [0.15, 0.2) is 17.4 Å². The summed E-state index contributed by atoms with van der Waals surface area (Å²) in [5.74, 6) is -0.442. The third kappa shape index (κ3) is 3.15. The van der Waals surface area contributed by atoms with E-state index in [1.807, 2.05) is 0 Å². The summed E-state index contributed by atoms with van der Waals surface area (Å²) in [7, 11) is 0. The van der Waals surface area contributed by atoms with Crippen molar-refractivity contribution in [2.24, 2.45) is 5.41 Å². The number of nitrogens with zero attached hydrogens (tertiary/aromatic N) is 3. The standard InChI is InChI=1S/C15H20N4O6/c1-15(2,3)14(23)24-4-7-9(20)10(21)13(25-7)19-6-18-8-11(19)16-5-17-12(8)22/h5-7,9-10,13,20-21H,4H2,1-3H3,(H,16,17,22). The van der Waals surface area contributed by atoms with E-state index in [1.54, 1.807) is 20.8 Å². The molecule has 25 heavy (non-hydrogen) atoms. The van der Waals surface area contributed by atoms with Crippen LogP contribution in [0.3, 0.4) is 0 Å². The van der Waals surface area contributed by atoms with Crippen molar-refractivity contribution < 1.29 is 24.5 Å². The zero-order valence-electron chi connectivity index (χ0n) is 14.0. The van der Waals surface area contributed by atoms with Crippen LogP contribution < -0.4 is 5.56 Å². The Bertz CT molecular complexity index is 838. The van der Waals surface area contributed by atoms with Crippen molar-refractivity contribution in [2.75, 3.05) is 6.61 Å². The quantitative estimate of drug-likeness (QED) is 0.618. The number of fused-ring (bicyclic) bond motifs is 1. The van der Waals surface area contributed by atoms with Gasteiger partial charge in [-0.15, -0.1) is 0 Å². The molecule has 1 fully saturated rings. The summed E-state index contributed by atoms with van der Waals surface area (Å²) in [5.41, 5.74) is -0.803. The normalized spacial score (nSPS) is 26.9. The Morgan fingerprint density at radius 3 is 2.76 bits per heavy atom. The first-order valence-corrected chi connectivity index (χ1v) is 7.79. The summed E-state index contributed by atoms with van der Waals surface area (Å²) >= 11 is 0. The van der Waals surface area contributed by atoms with Gasteiger partial charge in [-0.05, 0) is 20.8 Å². The highest BCUT2D eigenvalue weighted by molar-refractivity contribution is 5.75. The van der Waals surface area contributed by atoms with Crippen molar-refractivity contribution in [3.8, 4) is 0 Å². The molecule has 3 rings (SSSR count). The Morgan fingerprint density at radius 1 is 1.36 bits per heavy atom. The highest BCUT2D eigenvalue weighted by Crippen LogP contribution is 2.31. The van der Waals surface area contributed by atoms with Crippen molar-refractivity contribution in [3.05, 3.63) is 23.0 Å². The number of imidazole rings is 1. The fourth-order valence-corrected chi connectivity index (χ4v) is 2.52. The van der Waals surface area contributed by atoms with Gasteiger partial charge in [0.25, 0.3) is 5.56 Å². The van der Waals surface area contributed by atoms with Crippen LogP contribution >= 0.6 is 0 Å². The average Bonchev–Trinajstić information content (AvgIpc) is 3.08. The van der Waals surface area contributed by atoms with Crippen molar-refractivity contribution >= 4 is 17.1 Å². The van der Waals surface area contributed by atoms with Crippen LogP contribution in [0.2, 0.25) is 0 Å². The molecule has 3 heterocycles. The van der Waals surface area contributed by atoms with Crippen molar-refractivity contribution in [3.63, 3.8) is 0 Å². The topological polar surface area (TPSA) is 140 Å². The van der Waals surface area contributed by atoms with E-state index in [-0.39, 0.29) is 17.8 Å². The first-order chi connectivity index (χ1) is 11.7. The van der Waals surface area contributed by atoms with Crippen LogP contribution in [0.25, 0.3) is 11.2 Å². The van der Waals surface area contributed by atoms with Crippen LogP contribution in [0.4, 0.5) is 0 Å². The van der Waals surface area contributed by atoms with Gasteiger partial charge in [-0.2, -0.15) is 0 Å². The minimum atomic E-state index is -1.29. The summed E-state index contributed by atoms with van der Waals surface area (Å²) in [5, 5.41) is 20.5. The molecule has 10 nitrogen and oxygen atoms in total. The van der Waals surface area contributed by atoms with Gasteiger partial charge in [0.2, 0.25) is 0 Å². The Morgan fingerprint density at radius 2 is 2.08 bits per heavy atom. The molecule has 1 aliphatic rings. The largest absolute Gasteiger partial charge is 0.462 e. The molecule has 4 unspecified atom stereocenters. The van der Waals surface area contributed by atoms with Crippen LogP contribution in [0.15, 0.2) is 17.4 Å². The molecular weight excluding hydrogens is 332 g/mol. The average molecular weight is 352 g/mol. The van der Waals surface area contributed by atoms with E-state index in [1.165, 1.54) is 17.2 Å². The van der Waals surface area contributed by atoms with Gasteiger partial charge < -0.3 is 24.7 Å². The lowest BCUT2D eigenvalue weighted by atomic mass is 9.97. The zero-order valence-corrected chi connectivity index (χ0v) is 14.0. The molecule has 0 saturated carbocycles. The van der Waals surface area contributed by atoms with E-state index < -0.39 is 41.5 Å². The van der Waals surface area contributed by atoms with E-state index >= 15 is 0 Å². The van der Waals surface area contributed by atoms with Gasteiger partial charge in [-0.3, -0.25) is 14.2 Å². The molecule has 10 heteroatoms. The summed E-state index contributed by atoms with van der Waals surface area (Å²) in [4.78, 5) is 33.9. The number of nitrogens with one attached hydrogen (secondary N) is 1. The number of hydrogen-bond donors (Lipinski definition) is 3. The third-order valence-electron chi connectivity index (χ3n) is 3.97. The summed E-state index contributed by atoms with van der Waals surface area (Å²) in [6.45, 7) is 4.92. The van der Waals surface area contributed by atoms with Gasteiger partial charge in [0.05, 0.1) is 18.1 Å². The molecule has 1 saturated heterocycles. The second kappa shape index (κ2) is 6.21. The monoisotopic (exact) mass is 352 g/mol. The lowest BCUT2D eigenvalue weighted by Crippen LogP contribution is -2.35. The number of carbonyl (C=O) groups is 1. The van der Waals surface area contributed by atoms with Gasteiger partial charge >= 0.3 is 5.97 Å². The van der Waals surface area contributed by atoms with Gasteiger partial charge in [-0.1, -0.05) is 0 Å². The van der Waals surface area contributed by atoms with Crippen LogP contribution in [0, 0.1) is 5.41 Å². The number of aliphatic hydroxyl groups excluding tert-OH is 2. The SMILES string of the molecule is CC(C)(C)C(=O)OCC1OC(n2cnc3c(=O)[nH]cnc32)C(O)C1O. The molecular formula is C15H20N4O6. The number of ether oxygens (including phenoxy) is 2. The molecule has 4 atom stereocenters. The number of H-pyrrole nitrogens is 1. The number of aromatic amines is 1. The summed E-state index contributed by atoms with van der Waals surface area (Å²) < 4.78 is 12.2. The van der Waals surface area contributed by atoms with Gasteiger partial charge in [0.1, 0.15) is 24.9 Å². The minimum absolute atomic E-state index is 0.0930. The number of rotatable bonds is 3. The number of aliphatic hydroxyl groups is 2. The van der Waals surface area contributed by atoms with Crippen molar-refractivity contribution in [2.45, 2.75) is 45.3 Å². The molecule has 2 aromatic rings. The number of carbonyl (C=O) groups excluding carboxylic acids is 1. The number of esters is 1. The number of hydrogen-bond acceptors (Lipinski definition) is 8. The highest BCUT2D eigenvalue weighted by Gasteiger charge is 2.45. The lowest BCUT2D eigenvalue weighted by molar-refractivity contribution is -0.159. The molecule has 1 aliphatic heterocycles. The van der Waals surface area contributed by atoms with E-state index in [0.717, 1.165) is 0 Å². The molecule has 0 aromatic carbocycles. The first kappa shape index (κ1) is 17.5. The van der Waals surface area contributed by atoms with Crippen molar-refractivity contribution in [1.82, 2.24) is 19.5 Å². The molecule has 0 aliphatic carbocycles. The maximum atomic E-state index is 11.8. The Kier molecular flexibility index (Phi) is 4.35. The van der Waals surface area contributed by atoms with E-state index in [9.17, 15) is 19.8 Å². The van der Waals surface area contributed by atoms with Crippen LogP contribution in [0.1, 0.15) is 27.0 Å². The van der Waals surface area contributed by atoms with Crippen LogP contribution in [-0.4, -0.2) is 60.6 Å². The van der Waals surface area contributed by atoms with Crippen molar-refractivity contribution in [1.29, 1.82) is 0 Å². The smallest absolute Gasteiger partial charge is 0.311 e. The maximum absolute atomic E-state index is 11.8. The second-order valence-corrected chi connectivity index (χ2v) is 6.95. The Balaban J connectivity index is 1.79. The molecule has 3 N–H and O–H groups in total. The number of aromatic nitrogens is 4. The molecule has 0 spiro atoms. The Hall–Kier alpha value is -2.30. The van der Waals surface area contributed by atoms with E-state index in [4.69, 9.17) is 9.47 Å². The molecule has 136 valence electrons. The summed E-state index contributed by atoms with van der Waals surface area (Å²) in [6.07, 6.45) is -1.97. The molecule has 2 aromatic heterocycles. The minimum Gasteiger partial charge on any atom is -0.462 e. The summed E-state index contributed by atoms with van der Waals surface area (Å²) in [6, 6.07) is 0. The fraction of sp³-hybridized carbons (Fsp3) is 0.600. The van der Waals surface area contributed by atoms with Crippen LogP contribution in [0.5, 0.6) is 0 Å². The fourth-order valence-electron chi connectivity index (χ4n) is 2.52. The zero-order chi connectivity index (χ0) is 18.4. The Labute approximate surface area is 142 Å². The third-order valence-corrected chi connectivity index (χ3v) is 3.97. The second-order valence-electron chi connectivity index (χ2n) is 6.95. The van der Waals surface area contributed by atoms with E-state index in [0.29, 0.717) is 0 Å². The first-order valence-electron chi connectivity index (χ1n) is 7.79. The maximum Gasteiger partial charge on any atom is 0.311 e. The lowest BCUT2D eigenvalue weighted by Gasteiger charge is -2.20. The molecule has 0 amide bonds. The predicted octanol–water partition coefficient (Wildman–Crippen LogP) is -0.672. The van der Waals surface area contributed by atoms with E-state index in [2.05, 4.69) is 15.0 Å². The highest BCUT2D eigenvalue weighted by atomic mass is 16.6.